The Hall–Kier alpha value is -11.1. The molecule has 42 heteroatoms. The number of imidazole rings is 1. The van der Waals surface area contributed by atoms with E-state index in [0.717, 1.165) is 6.42 Å². The van der Waals surface area contributed by atoms with Crippen LogP contribution in [0, 0.1) is 39.9 Å². The molecule has 1 fully saturated rings. The van der Waals surface area contributed by atoms with E-state index in [0.29, 0.717) is 18.5 Å². The van der Waals surface area contributed by atoms with Crippen LogP contribution in [0.25, 0.3) is 0 Å². The summed E-state index contributed by atoms with van der Waals surface area (Å²) < 4.78 is 0. The molecule has 1 aliphatic rings. The Morgan fingerprint density at radius 3 is 1.38 bits per heavy atom. The van der Waals surface area contributed by atoms with Crippen molar-refractivity contribution in [2.45, 2.75) is 224 Å². The van der Waals surface area contributed by atoms with E-state index >= 15 is 0 Å². The summed E-state index contributed by atoms with van der Waals surface area (Å²) in [5, 5.41) is 94.6. The highest BCUT2D eigenvalue weighted by molar-refractivity contribution is 7.80. The molecule has 0 aliphatic carbocycles. The van der Waals surface area contributed by atoms with Gasteiger partial charge in [-0.2, -0.15) is 12.6 Å². The Morgan fingerprint density at radius 2 is 0.956 bits per heavy atom. The molecule has 1 saturated heterocycles. The van der Waals surface area contributed by atoms with E-state index < -0.39 is 204 Å². The van der Waals surface area contributed by atoms with Crippen LogP contribution in [0.1, 0.15) is 150 Å². The van der Waals surface area contributed by atoms with Gasteiger partial charge < -0.3 is 123 Å². The lowest BCUT2D eigenvalue weighted by Gasteiger charge is -2.31. The standard InChI is InChI=1S/C71H118N24O17S/c1-9-38(7)55(67(110)91-48(29-36(3)4)63(106)88-47(23-24-53(98)99)60(103)92-50(68(111)112)31-41-32-78-35-84-41)94-62(105)46(18-14-28-82-71(76)77)86-59(102)44(16-12-26-80-69(72)73)89-66(109)56(39(8)10-2)95-65(108)54(37(5)6)93-61(104)45(17-13-27-81-70(74)75)87-64(107)51(34-113)85-52(97)33-83-57(100)49(30-40-19-21-42(96)22-20-40)90-58(101)43-15-11-25-79-43/h19-22,32,35-39,43-51,54-56,79,96,113H,9-18,23-31,33-34H2,1-8H3,(H,78,84)(H,83,100)(H,85,97)(H,86,102)(H,87,107)(H,88,106)(H,89,109)(H,90,101)(H,91,110)(H,92,103)(H,93,104)(H,94,105)(H,95,108)(H,98,99)(H,111,112)(H4,72,73,80)(H4,74,75,81)(H4,76,77,82)/t38-,39-,43-,44-,45-,46-,47-,48-,49-,50-,51-,54-,55-,56-/m0/s1. The van der Waals surface area contributed by atoms with Crippen LogP contribution < -0.4 is 102 Å². The molecule has 1 aromatic carbocycles. The van der Waals surface area contributed by atoms with Crippen molar-refractivity contribution in [1.82, 2.24) is 95.0 Å². The zero-order valence-corrected chi connectivity index (χ0v) is 66.1. The molecule has 2 aromatic rings. The highest BCUT2D eigenvalue weighted by Crippen LogP contribution is 2.18. The summed E-state index contributed by atoms with van der Waals surface area (Å²) in [6.45, 7) is 13.3. The summed E-state index contributed by atoms with van der Waals surface area (Å²) in [6.07, 6.45) is 2.76. The van der Waals surface area contributed by atoms with Crippen LogP contribution in [0.4, 0.5) is 0 Å². The number of aromatic amines is 1. The number of amides is 12. The number of hydrogen-bond acceptors (Lipinski definition) is 21. The van der Waals surface area contributed by atoms with E-state index in [2.05, 4.69) is 108 Å². The first-order valence-electron chi connectivity index (χ1n) is 37.8. The van der Waals surface area contributed by atoms with Gasteiger partial charge in [0.05, 0.1) is 24.6 Å². The van der Waals surface area contributed by atoms with Gasteiger partial charge in [0, 0.05) is 50.8 Å². The van der Waals surface area contributed by atoms with E-state index in [1.807, 2.05) is 0 Å². The number of rotatable bonds is 52. The second-order valence-electron chi connectivity index (χ2n) is 28.6. The highest BCUT2D eigenvalue weighted by Gasteiger charge is 2.39. The van der Waals surface area contributed by atoms with Gasteiger partial charge in [-0.25, -0.2) is 9.78 Å². The molecule has 12 amide bonds. The first-order valence-corrected chi connectivity index (χ1v) is 38.4. The number of nitrogens with two attached hydrogens (primary N) is 3. The second-order valence-corrected chi connectivity index (χ2v) is 28.9. The van der Waals surface area contributed by atoms with Crippen molar-refractivity contribution < 1.29 is 82.4 Å². The van der Waals surface area contributed by atoms with Crippen LogP contribution in [0.15, 0.2) is 36.8 Å². The summed E-state index contributed by atoms with van der Waals surface area (Å²) in [4.78, 5) is 201. The molecular weight excluding hydrogens is 1490 g/mol. The van der Waals surface area contributed by atoms with Gasteiger partial charge in [-0.15, -0.1) is 0 Å². The topological polar surface area (TPSA) is 670 Å². The number of phenols is 1. The highest BCUT2D eigenvalue weighted by atomic mass is 32.1. The number of carboxylic acids is 2. The third-order valence-corrected chi connectivity index (χ3v) is 18.9. The Morgan fingerprint density at radius 1 is 0.522 bits per heavy atom. The minimum Gasteiger partial charge on any atom is -0.508 e. The number of nitrogens with one attached hydrogen (secondary N) is 20. The fourth-order valence-electron chi connectivity index (χ4n) is 11.7. The molecule has 0 bridgehead atoms. The molecule has 0 saturated carbocycles. The van der Waals surface area contributed by atoms with E-state index in [-0.39, 0.29) is 119 Å². The molecule has 41 nitrogen and oxygen atoms in total. The van der Waals surface area contributed by atoms with Gasteiger partial charge in [0.2, 0.25) is 70.9 Å². The number of phenolic OH excluding ortho intramolecular Hbond substituents is 1. The van der Waals surface area contributed by atoms with Crippen molar-refractivity contribution >= 4 is 113 Å². The second kappa shape index (κ2) is 50.0. The van der Waals surface area contributed by atoms with Crippen molar-refractivity contribution in [3.63, 3.8) is 0 Å². The predicted octanol–water partition coefficient (Wildman–Crippen LogP) is -4.44. The van der Waals surface area contributed by atoms with Gasteiger partial charge in [0.1, 0.15) is 72.2 Å². The number of aromatic hydroxyl groups is 1. The Labute approximate surface area is 661 Å². The summed E-state index contributed by atoms with van der Waals surface area (Å²) >= 11 is 4.28. The molecular formula is C71H118N24O17S. The largest absolute Gasteiger partial charge is 0.508 e. The van der Waals surface area contributed by atoms with Crippen LogP contribution >= 0.6 is 12.6 Å². The molecule has 113 heavy (non-hydrogen) atoms. The molecule has 1 aromatic heterocycles. The van der Waals surface area contributed by atoms with Crippen LogP contribution in [-0.4, -0.2) is 237 Å². The molecule has 29 N–H and O–H groups in total. The number of thiol groups is 1. The number of guanidine groups is 3. The lowest BCUT2D eigenvalue weighted by Crippen LogP contribution is -2.62. The van der Waals surface area contributed by atoms with Gasteiger partial charge in [0.15, 0.2) is 17.9 Å². The van der Waals surface area contributed by atoms with Crippen molar-refractivity contribution in [2.24, 2.45) is 40.9 Å². The summed E-state index contributed by atoms with van der Waals surface area (Å²) in [7, 11) is 0. The molecule has 630 valence electrons. The zero-order chi connectivity index (χ0) is 84.6. The number of aromatic nitrogens is 2. The number of carboxylic acid groups (broad SMARTS) is 2. The van der Waals surface area contributed by atoms with E-state index in [9.17, 15) is 82.4 Å². The lowest BCUT2D eigenvalue weighted by atomic mass is 9.95. The number of H-pyrrole nitrogens is 1. The van der Waals surface area contributed by atoms with Crippen LogP contribution in [0.3, 0.4) is 0 Å². The quantitative estimate of drug-likeness (QED) is 0.0129. The molecule has 3 rings (SSSR count). The predicted molar refractivity (Wildman–Crippen MR) is 418 cm³/mol. The Bertz CT molecular complexity index is 3530. The average Bonchev–Trinajstić information content (AvgIpc) is 1.18. The van der Waals surface area contributed by atoms with Crippen molar-refractivity contribution in [3.8, 4) is 5.75 Å². The van der Waals surface area contributed by atoms with E-state index in [1.54, 1.807) is 67.5 Å². The maximum Gasteiger partial charge on any atom is 0.326 e. The zero-order valence-electron chi connectivity index (χ0n) is 65.2. The number of carbonyl (C=O) groups excluding carboxylic acids is 12. The third kappa shape index (κ3) is 35.9. The molecule has 14 atom stereocenters. The fourth-order valence-corrected chi connectivity index (χ4v) is 12.0. The maximum atomic E-state index is 14.8. The Kier molecular flexibility index (Phi) is 42.6. The van der Waals surface area contributed by atoms with Crippen molar-refractivity contribution in [2.75, 3.05) is 38.5 Å². The van der Waals surface area contributed by atoms with Gasteiger partial charge in [-0.1, -0.05) is 80.4 Å². The van der Waals surface area contributed by atoms with Gasteiger partial charge in [-0.3, -0.25) is 78.6 Å². The average molecular weight is 1610 g/mol. The van der Waals surface area contributed by atoms with Crippen LogP contribution in [0.5, 0.6) is 5.75 Å². The Balaban J connectivity index is 1.93. The summed E-state index contributed by atoms with van der Waals surface area (Å²) in [5.41, 5.74) is 17.5. The maximum absolute atomic E-state index is 14.8. The lowest BCUT2D eigenvalue weighted by molar-refractivity contribution is -0.143. The van der Waals surface area contributed by atoms with Crippen molar-refractivity contribution in [3.05, 3.63) is 48.0 Å². The molecule has 0 radical (unpaired) electrons. The fraction of sp³-hybridized carbons (Fsp3) is 0.634. The summed E-state index contributed by atoms with van der Waals surface area (Å²) in [5.74, 6) is -17.1. The number of aliphatic carboxylic acids is 2. The number of benzene rings is 1. The monoisotopic (exact) mass is 1610 g/mol. The number of hydrogen-bond donors (Lipinski definition) is 27. The van der Waals surface area contributed by atoms with Crippen molar-refractivity contribution in [1.29, 1.82) is 16.2 Å². The molecule has 0 spiro atoms. The van der Waals surface area contributed by atoms with E-state index in [4.69, 9.17) is 33.4 Å². The van der Waals surface area contributed by atoms with Gasteiger partial charge in [0.25, 0.3) is 0 Å². The summed E-state index contributed by atoms with van der Waals surface area (Å²) in [6, 6.07) is -10.5. The molecule has 1 aliphatic heterocycles. The van der Waals surface area contributed by atoms with Gasteiger partial charge >= 0.3 is 11.9 Å². The first-order chi connectivity index (χ1) is 53.4. The third-order valence-electron chi connectivity index (χ3n) is 18.5. The number of carbonyl (C=O) groups is 14. The minimum atomic E-state index is -1.62. The van der Waals surface area contributed by atoms with Crippen LogP contribution in [-0.2, 0) is 80.0 Å². The normalized spacial score (nSPS) is 15.9. The molecule has 0 unspecified atom stereocenters. The minimum absolute atomic E-state index is 0.00770. The smallest absolute Gasteiger partial charge is 0.326 e. The molecule has 2 heterocycles. The van der Waals surface area contributed by atoms with E-state index in [1.165, 1.54) is 24.7 Å². The van der Waals surface area contributed by atoms with Crippen LogP contribution in [0.2, 0.25) is 0 Å². The SMILES string of the molecule is CC[C@H](C)[C@H](NC(=O)[C@H](CCCNC(=N)N)NC(=O)[C@H](CCCNC(=N)N)NC(=O)[C@@H](NC(=O)[C@@H](NC(=O)[C@H](CCCNC(=N)N)NC(=O)[C@H](CS)NC(=O)CNC(=O)[C@H](Cc1ccc(O)cc1)NC(=O)[C@@H]1CCCN1)C(C)C)[C@@H](C)CC)C(=O)N[C@@H](CC(C)C)C(=O)N[C@@H](CCC(=O)O)C(=O)N[C@@H](Cc1c[nH]cn1)C(=O)O. The first kappa shape index (κ1) is 96.1. The van der Waals surface area contributed by atoms with Gasteiger partial charge in [-0.05, 0) is 112 Å². The number of nitrogens with zero attached hydrogens (tertiary/aromatic N) is 1.